The van der Waals surface area contributed by atoms with Crippen molar-refractivity contribution in [3.63, 3.8) is 0 Å². The van der Waals surface area contributed by atoms with E-state index < -0.39 is 5.97 Å². The summed E-state index contributed by atoms with van der Waals surface area (Å²) >= 11 is 0. The first-order valence-electron chi connectivity index (χ1n) is 5.38. The normalized spacial score (nSPS) is 13.7. The molecule has 1 aromatic rings. The molecule has 2 rings (SSSR count). The number of hydrogen-bond donors (Lipinski definition) is 1. The predicted octanol–water partition coefficient (Wildman–Crippen LogP) is 1.31. The average Bonchev–Trinajstić information content (AvgIpc) is 2.60. The van der Waals surface area contributed by atoms with E-state index in [1.807, 2.05) is 0 Å². The molecule has 1 heterocycles. The highest BCUT2D eigenvalue weighted by Gasteiger charge is 2.34. The van der Waals surface area contributed by atoms with Gasteiger partial charge in [-0.05, 0) is 18.6 Å². The van der Waals surface area contributed by atoms with Crippen LogP contribution in [0.15, 0.2) is 36.4 Å². The van der Waals surface area contributed by atoms with Gasteiger partial charge in [0.1, 0.15) is 0 Å². The van der Waals surface area contributed by atoms with E-state index in [0.717, 1.165) is 4.90 Å². The van der Waals surface area contributed by atoms with Crippen LogP contribution in [-0.4, -0.2) is 34.3 Å². The van der Waals surface area contributed by atoms with Crippen molar-refractivity contribution in [3.05, 3.63) is 47.5 Å². The maximum absolute atomic E-state index is 11.9. The van der Waals surface area contributed by atoms with Crippen molar-refractivity contribution in [2.45, 2.75) is 6.42 Å². The lowest BCUT2D eigenvalue weighted by atomic mass is 10.1. The fourth-order valence-electron chi connectivity index (χ4n) is 1.80. The molecule has 18 heavy (non-hydrogen) atoms. The fraction of sp³-hybridized carbons (Fsp3) is 0.154. The van der Waals surface area contributed by atoms with Gasteiger partial charge in [0.2, 0.25) is 0 Å². The van der Waals surface area contributed by atoms with Gasteiger partial charge in [-0.1, -0.05) is 18.7 Å². The first-order chi connectivity index (χ1) is 8.52. The lowest BCUT2D eigenvalue weighted by Crippen LogP contribution is -2.31. The number of carbonyl (C=O) groups is 3. The molecular weight excluding hydrogens is 234 g/mol. The van der Waals surface area contributed by atoms with E-state index in [0.29, 0.717) is 11.1 Å². The standard InChI is InChI=1S/C13H11NO4/c1-8(13(17)18)6-7-14-11(15)9-4-2-3-5-10(9)12(14)16/h2-5H,1,6-7H2,(H,17,18). The van der Waals surface area contributed by atoms with Crippen molar-refractivity contribution >= 4 is 17.8 Å². The third-order valence-electron chi connectivity index (χ3n) is 2.82. The topological polar surface area (TPSA) is 74.7 Å². The van der Waals surface area contributed by atoms with Gasteiger partial charge in [0, 0.05) is 12.1 Å². The van der Waals surface area contributed by atoms with Gasteiger partial charge in [-0.2, -0.15) is 0 Å². The molecule has 5 heteroatoms. The van der Waals surface area contributed by atoms with Crippen molar-refractivity contribution in [1.29, 1.82) is 0 Å². The number of fused-ring (bicyclic) bond motifs is 1. The monoisotopic (exact) mass is 245 g/mol. The van der Waals surface area contributed by atoms with E-state index in [-0.39, 0.29) is 30.4 Å². The molecule has 0 aliphatic carbocycles. The number of aliphatic carboxylic acids is 1. The Bertz CT molecular complexity index is 527. The van der Waals surface area contributed by atoms with Crippen molar-refractivity contribution < 1.29 is 19.5 Å². The Labute approximate surface area is 103 Å². The highest BCUT2D eigenvalue weighted by Crippen LogP contribution is 2.22. The number of carboxylic acid groups (broad SMARTS) is 1. The molecule has 1 aliphatic rings. The highest BCUT2D eigenvalue weighted by atomic mass is 16.4. The summed E-state index contributed by atoms with van der Waals surface area (Å²) in [5, 5.41) is 8.67. The second kappa shape index (κ2) is 4.44. The largest absolute Gasteiger partial charge is 0.478 e. The number of amides is 2. The van der Waals surface area contributed by atoms with Crippen LogP contribution in [0.1, 0.15) is 27.1 Å². The smallest absolute Gasteiger partial charge is 0.331 e. The SMILES string of the molecule is C=C(CCN1C(=O)c2ccccc2C1=O)C(=O)O. The second-order valence-electron chi connectivity index (χ2n) is 3.97. The lowest BCUT2D eigenvalue weighted by Gasteiger charge is -2.13. The van der Waals surface area contributed by atoms with Crippen molar-refractivity contribution in [1.82, 2.24) is 4.90 Å². The number of imide groups is 1. The van der Waals surface area contributed by atoms with Gasteiger partial charge in [0.05, 0.1) is 11.1 Å². The van der Waals surface area contributed by atoms with Crippen LogP contribution in [0.2, 0.25) is 0 Å². The molecule has 0 fully saturated rings. The molecule has 2 amide bonds. The maximum atomic E-state index is 11.9. The van der Waals surface area contributed by atoms with Gasteiger partial charge < -0.3 is 5.11 Å². The third-order valence-corrected chi connectivity index (χ3v) is 2.82. The number of rotatable bonds is 4. The Morgan fingerprint density at radius 3 is 2.11 bits per heavy atom. The highest BCUT2D eigenvalue weighted by molar-refractivity contribution is 6.21. The summed E-state index contributed by atoms with van der Waals surface area (Å²) in [6.45, 7) is 3.40. The summed E-state index contributed by atoms with van der Waals surface area (Å²) in [6, 6.07) is 6.54. The Hall–Kier alpha value is -2.43. The van der Waals surface area contributed by atoms with Gasteiger partial charge in [0.25, 0.3) is 11.8 Å². The molecule has 0 bridgehead atoms. The average molecular weight is 245 g/mol. The van der Waals surface area contributed by atoms with Crippen LogP contribution in [0.4, 0.5) is 0 Å². The Balaban J connectivity index is 2.14. The number of carboxylic acids is 1. The minimum Gasteiger partial charge on any atom is -0.478 e. The van der Waals surface area contributed by atoms with Crippen molar-refractivity contribution in [3.8, 4) is 0 Å². The molecule has 1 aliphatic heterocycles. The first kappa shape index (κ1) is 12.0. The number of hydrogen-bond acceptors (Lipinski definition) is 3. The summed E-state index contributed by atoms with van der Waals surface area (Å²) in [4.78, 5) is 35.5. The fourth-order valence-corrected chi connectivity index (χ4v) is 1.80. The second-order valence-corrected chi connectivity index (χ2v) is 3.97. The van der Waals surface area contributed by atoms with Crippen LogP contribution in [0.5, 0.6) is 0 Å². The summed E-state index contributed by atoms with van der Waals surface area (Å²) in [5.41, 5.74) is 0.707. The van der Waals surface area contributed by atoms with Gasteiger partial charge in [-0.15, -0.1) is 0 Å². The van der Waals surface area contributed by atoms with Gasteiger partial charge in [0.15, 0.2) is 0 Å². The molecular formula is C13H11NO4. The van der Waals surface area contributed by atoms with Gasteiger partial charge in [-0.3, -0.25) is 14.5 Å². The maximum Gasteiger partial charge on any atom is 0.331 e. The Morgan fingerprint density at radius 2 is 1.67 bits per heavy atom. The van der Waals surface area contributed by atoms with E-state index in [1.54, 1.807) is 24.3 Å². The molecule has 0 saturated heterocycles. The minimum absolute atomic E-state index is 0.0217. The zero-order valence-corrected chi connectivity index (χ0v) is 9.55. The predicted molar refractivity (Wildman–Crippen MR) is 63.2 cm³/mol. The first-order valence-corrected chi connectivity index (χ1v) is 5.38. The molecule has 1 N–H and O–H groups in total. The quantitative estimate of drug-likeness (QED) is 0.641. The van der Waals surface area contributed by atoms with Crippen LogP contribution in [0, 0.1) is 0 Å². The van der Waals surface area contributed by atoms with Crippen LogP contribution in [0.3, 0.4) is 0 Å². The Kier molecular flexibility index (Phi) is 2.97. The molecule has 5 nitrogen and oxygen atoms in total. The van der Waals surface area contributed by atoms with E-state index in [4.69, 9.17) is 5.11 Å². The summed E-state index contributed by atoms with van der Waals surface area (Å²) in [6.07, 6.45) is 0.0702. The number of benzene rings is 1. The molecule has 0 saturated carbocycles. The van der Waals surface area contributed by atoms with Crippen LogP contribution in [-0.2, 0) is 4.79 Å². The molecule has 92 valence electrons. The van der Waals surface area contributed by atoms with E-state index in [1.165, 1.54) is 0 Å². The lowest BCUT2D eigenvalue weighted by molar-refractivity contribution is -0.132. The van der Waals surface area contributed by atoms with E-state index >= 15 is 0 Å². The Morgan fingerprint density at radius 1 is 1.17 bits per heavy atom. The number of nitrogens with zero attached hydrogens (tertiary/aromatic N) is 1. The zero-order valence-electron chi connectivity index (χ0n) is 9.55. The van der Waals surface area contributed by atoms with E-state index in [2.05, 4.69) is 6.58 Å². The van der Waals surface area contributed by atoms with Crippen molar-refractivity contribution in [2.75, 3.05) is 6.54 Å². The van der Waals surface area contributed by atoms with E-state index in [9.17, 15) is 14.4 Å². The molecule has 0 radical (unpaired) electrons. The summed E-state index contributed by atoms with van der Waals surface area (Å²) in [7, 11) is 0. The zero-order chi connectivity index (χ0) is 13.3. The van der Waals surface area contributed by atoms with Gasteiger partial charge >= 0.3 is 5.97 Å². The summed E-state index contributed by atoms with van der Waals surface area (Å²) < 4.78 is 0. The third kappa shape index (κ3) is 1.90. The van der Waals surface area contributed by atoms with Gasteiger partial charge in [-0.25, -0.2) is 4.79 Å². The van der Waals surface area contributed by atoms with Crippen LogP contribution in [0.25, 0.3) is 0 Å². The van der Waals surface area contributed by atoms with Crippen LogP contribution < -0.4 is 0 Å². The molecule has 1 aromatic carbocycles. The molecule has 0 unspecified atom stereocenters. The molecule has 0 atom stereocenters. The summed E-state index contributed by atoms with van der Waals surface area (Å²) in [5.74, 6) is -1.88. The molecule has 0 spiro atoms. The number of carbonyl (C=O) groups excluding carboxylic acids is 2. The minimum atomic E-state index is -1.12. The van der Waals surface area contributed by atoms with Crippen molar-refractivity contribution in [2.24, 2.45) is 0 Å². The molecule has 0 aromatic heterocycles. The van der Waals surface area contributed by atoms with Crippen LogP contribution >= 0.6 is 0 Å².